The fourth-order valence-corrected chi connectivity index (χ4v) is 4.54. The van der Waals surface area contributed by atoms with Gasteiger partial charge in [0.05, 0.1) is 29.4 Å². The van der Waals surface area contributed by atoms with Crippen LogP contribution in [0.5, 0.6) is 11.5 Å². The molecular formula is C24H23N3O8. The van der Waals surface area contributed by atoms with Crippen molar-refractivity contribution in [3.8, 4) is 11.5 Å². The molecule has 2 N–H and O–H groups in total. The predicted octanol–water partition coefficient (Wildman–Crippen LogP) is 3.70. The number of ether oxygens (including phenoxy) is 3. The summed E-state index contributed by atoms with van der Waals surface area (Å²) in [7, 11) is 0. The SMILES string of the molecule is CC(=O)O[C@H]1[C@@H](N=[N+]=[N-])C[C@H](O[C@@H](C)c2cc(O)c3c(c2O)C(=O)c2ccccc2C3=O)O[C@H]1C. The Balaban J connectivity index is 1.63. The maximum absolute atomic E-state index is 13.1. The summed E-state index contributed by atoms with van der Waals surface area (Å²) in [6, 6.07) is 6.60. The summed E-state index contributed by atoms with van der Waals surface area (Å²) >= 11 is 0. The number of hydrogen-bond acceptors (Lipinski definition) is 9. The first-order valence-corrected chi connectivity index (χ1v) is 10.9. The zero-order valence-electron chi connectivity index (χ0n) is 19.2. The number of phenolic OH excluding ortho intramolecular Hbond substituents is 2. The number of phenols is 2. The van der Waals surface area contributed by atoms with Crippen LogP contribution in [-0.2, 0) is 19.0 Å². The largest absolute Gasteiger partial charge is 0.507 e. The van der Waals surface area contributed by atoms with Crippen molar-refractivity contribution in [2.24, 2.45) is 5.11 Å². The summed E-state index contributed by atoms with van der Waals surface area (Å²) in [6.07, 6.45) is -3.23. The molecule has 0 bridgehead atoms. The fraction of sp³-hybridized carbons (Fsp3) is 0.375. The van der Waals surface area contributed by atoms with Gasteiger partial charge in [0.15, 0.2) is 17.9 Å². The van der Waals surface area contributed by atoms with E-state index in [0.717, 1.165) is 0 Å². The Morgan fingerprint density at radius 1 is 1.20 bits per heavy atom. The summed E-state index contributed by atoms with van der Waals surface area (Å²) in [6.45, 7) is 4.44. The molecule has 11 nitrogen and oxygen atoms in total. The Morgan fingerprint density at radius 3 is 2.43 bits per heavy atom. The number of fused-ring (bicyclic) bond motifs is 2. The minimum absolute atomic E-state index is 0.0547. The van der Waals surface area contributed by atoms with E-state index in [9.17, 15) is 24.6 Å². The predicted molar refractivity (Wildman–Crippen MR) is 120 cm³/mol. The van der Waals surface area contributed by atoms with Crippen LogP contribution in [0.4, 0.5) is 0 Å². The average molecular weight is 481 g/mol. The number of ketones is 2. The Morgan fingerprint density at radius 2 is 1.83 bits per heavy atom. The van der Waals surface area contributed by atoms with Crippen LogP contribution in [0.2, 0.25) is 0 Å². The van der Waals surface area contributed by atoms with Gasteiger partial charge in [-0.25, -0.2) is 0 Å². The highest BCUT2D eigenvalue weighted by Gasteiger charge is 2.40. The minimum atomic E-state index is -0.919. The smallest absolute Gasteiger partial charge is 0.303 e. The molecule has 2 aromatic carbocycles. The summed E-state index contributed by atoms with van der Waals surface area (Å²) in [4.78, 5) is 40.2. The normalized spacial score (nSPS) is 24.1. The van der Waals surface area contributed by atoms with E-state index in [1.54, 1.807) is 26.0 Å². The monoisotopic (exact) mass is 481 g/mol. The maximum atomic E-state index is 13.1. The van der Waals surface area contributed by atoms with E-state index < -0.39 is 59.7 Å². The van der Waals surface area contributed by atoms with Gasteiger partial charge in [-0.05, 0) is 25.4 Å². The second-order valence-electron chi connectivity index (χ2n) is 8.42. The van der Waals surface area contributed by atoms with Gasteiger partial charge >= 0.3 is 5.97 Å². The lowest BCUT2D eigenvalue weighted by molar-refractivity contribution is -0.243. The van der Waals surface area contributed by atoms with Crippen molar-refractivity contribution in [1.29, 1.82) is 0 Å². The van der Waals surface area contributed by atoms with Crippen LogP contribution in [-0.4, -0.2) is 52.3 Å². The quantitative estimate of drug-likeness (QED) is 0.183. The molecule has 1 heterocycles. The van der Waals surface area contributed by atoms with Crippen LogP contribution < -0.4 is 0 Å². The molecule has 0 unspecified atom stereocenters. The highest BCUT2D eigenvalue weighted by atomic mass is 16.7. The van der Waals surface area contributed by atoms with E-state index in [4.69, 9.17) is 19.7 Å². The molecule has 5 atom stereocenters. The zero-order valence-corrected chi connectivity index (χ0v) is 19.2. The number of azide groups is 1. The lowest BCUT2D eigenvalue weighted by atomic mass is 9.81. The molecule has 0 spiro atoms. The lowest BCUT2D eigenvalue weighted by Gasteiger charge is -2.38. The fourth-order valence-electron chi connectivity index (χ4n) is 4.54. The van der Waals surface area contributed by atoms with Gasteiger partial charge < -0.3 is 24.4 Å². The third kappa shape index (κ3) is 4.32. The zero-order chi connectivity index (χ0) is 25.4. The molecule has 1 saturated heterocycles. The van der Waals surface area contributed by atoms with Crippen LogP contribution in [0.15, 0.2) is 35.4 Å². The number of carbonyl (C=O) groups is 3. The van der Waals surface area contributed by atoms with E-state index in [2.05, 4.69) is 10.0 Å². The second-order valence-corrected chi connectivity index (χ2v) is 8.42. The molecule has 0 aromatic heterocycles. The van der Waals surface area contributed by atoms with Crippen LogP contribution in [0.1, 0.15) is 70.7 Å². The van der Waals surface area contributed by atoms with Crippen molar-refractivity contribution in [2.75, 3.05) is 0 Å². The van der Waals surface area contributed by atoms with Crippen molar-refractivity contribution >= 4 is 17.5 Å². The summed E-state index contributed by atoms with van der Waals surface area (Å²) in [5.74, 6) is -2.65. The Kier molecular flexibility index (Phi) is 6.49. The maximum Gasteiger partial charge on any atom is 0.303 e. The van der Waals surface area contributed by atoms with Gasteiger partial charge in [0.2, 0.25) is 0 Å². The molecule has 0 saturated carbocycles. The number of benzene rings is 2. The first kappa shape index (κ1) is 24.2. The third-order valence-electron chi connectivity index (χ3n) is 6.12. The van der Waals surface area contributed by atoms with Gasteiger partial charge in [-0.2, -0.15) is 0 Å². The van der Waals surface area contributed by atoms with E-state index >= 15 is 0 Å². The molecule has 0 radical (unpaired) electrons. The number of aromatic hydroxyl groups is 2. The summed E-state index contributed by atoms with van der Waals surface area (Å²) in [5.41, 5.74) is 8.70. The lowest BCUT2D eigenvalue weighted by Crippen LogP contribution is -2.49. The number of carbonyl (C=O) groups excluding carboxylic acids is 3. The van der Waals surface area contributed by atoms with Crippen LogP contribution >= 0.6 is 0 Å². The topological polar surface area (TPSA) is 168 Å². The number of nitrogens with zero attached hydrogens (tertiary/aromatic N) is 3. The van der Waals surface area contributed by atoms with Crippen LogP contribution in [0.3, 0.4) is 0 Å². The molecule has 11 heteroatoms. The molecule has 1 aliphatic carbocycles. The molecule has 0 amide bonds. The van der Waals surface area contributed by atoms with E-state index in [0.29, 0.717) is 0 Å². The van der Waals surface area contributed by atoms with Crippen molar-refractivity contribution in [1.82, 2.24) is 0 Å². The second kappa shape index (κ2) is 9.38. The molecule has 2 aliphatic rings. The third-order valence-corrected chi connectivity index (χ3v) is 6.12. The van der Waals surface area contributed by atoms with Crippen LogP contribution in [0, 0.1) is 0 Å². The Hall–Kier alpha value is -3.92. The molecule has 2 aromatic rings. The van der Waals surface area contributed by atoms with Gasteiger partial charge in [0, 0.05) is 34.9 Å². The Bertz CT molecular complexity index is 1270. The molecule has 182 valence electrons. The first-order valence-electron chi connectivity index (χ1n) is 10.9. The van der Waals surface area contributed by atoms with Crippen LogP contribution in [0.25, 0.3) is 10.4 Å². The highest BCUT2D eigenvalue weighted by Crippen LogP contribution is 2.43. The van der Waals surface area contributed by atoms with Crippen molar-refractivity contribution < 1.29 is 38.8 Å². The number of rotatable bonds is 5. The van der Waals surface area contributed by atoms with Gasteiger partial charge in [0.25, 0.3) is 0 Å². The Labute approximate surface area is 199 Å². The summed E-state index contributed by atoms with van der Waals surface area (Å²) in [5, 5.41) is 25.3. The minimum Gasteiger partial charge on any atom is -0.507 e. The van der Waals surface area contributed by atoms with Gasteiger partial charge in [-0.15, -0.1) is 0 Å². The van der Waals surface area contributed by atoms with E-state index in [1.807, 2.05) is 0 Å². The average Bonchev–Trinajstić information content (AvgIpc) is 2.81. The van der Waals surface area contributed by atoms with Gasteiger partial charge in [-0.1, -0.05) is 29.4 Å². The number of hydrogen-bond donors (Lipinski definition) is 2. The highest BCUT2D eigenvalue weighted by molar-refractivity contribution is 6.30. The standard InChI is InChI=1S/C24H23N3O8/c1-10(33-18-9-16(26-27-25)24(11(2)34-18)35-12(3)28)15-8-17(29)19-20(23(15)32)22(31)14-7-5-4-6-13(14)21(19)30/h4-8,10-11,16,18,24,29,32H,9H2,1-3H3/t10-,11-,16-,18+,24+/m0/s1. The van der Waals surface area contributed by atoms with Crippen molar-refractivity contribution in [3.63, 3.8) is 0 Å². The van der Waals surface area contributed by atoms with Crippen molar-refractivity contribution in [2.45, 2.75) is 57.8 Å². The van der Waals surface area contributed by atoms with E-state index in [1.165, 1.54) is 25.1 Å². The van der Waals surface area contributed by atoms with Crippen molar-refractivity contribution in [3.05, 3.63) is 68.6 Å². The van der Waals surface area contributed by atoms with Gasteiger partial charge in [0.1, 0.15) is 17.6 Å². The first-order chi connectivity index (χ1) is 16.6. The molecule has 4 rings (SSSR count). The molecular weight excluding hydrogens is 458 g/mol. The molecule has 1 aliphatic heterocycles. The van der Waals surface area contributed by atoms with Gasteiger partial charge in [-0.3, -0.25) is 14.4 Å². The molecule has 1 fully saturated rings. The van der Waals surface area contributed by atoms with E-state index in [-0.39, 0.29) is 34.2 Å². The summed E-state index contributed by atoms with van der Waals surface area (Å²) < 4.78 is 16.9. The number of esters is 1. The molecule has 35 heavy (non-hydrogen) atoms.